The molecule has 0 bridgehead atoms. The van der Waals surface area contributed by atoms with Crippen LogP contribution in [0.15, 0.2) is 30.3 Å². The van der Waals surface area contributed by atoms with Gasteiger partial charge in [0.2, 0.25) is 5.91 Å². The first-order chi connectivity index (χ1) is 7.97. The van der Waals surface area contributed by atoms with Gasteiger partial charge in [0.25, 0.3) is 0 Å². The number of rotatable bonds is 5. The average Bonchev–Trinajstić information content (AvgIpc) is 2.36. The second-order valence-corrected chi connectivity index (χ2v) is 5.35. The number of benzene rings is 1. The molecule has 1 aromatic rings. The molecule has 0 saturated carbocycles. The van der Waals surface area contributed by atoms with E-state index in [9.17, 15) is 4.79 Å². The van der Waals surface area contributed by atoms with Crippen LogP contribution < -0.4 is 5.32 Å². The Morgan fingerprint density at radius 3 is 2.47 bits per heavy atom. The van der Waals surface area contributed by atoms with Gasteiger partial charge in [-0.3, -0.25) is 4.79 Å². The third-order valence-electron chi connectivity index (χ3n) is 3.10. The molecule has 1 N–H and O–H groups in total. The average molecular weight is 254 g/mol. The van der Waals surface area contributed by atoms with Crippen LogP contribution >= 0.6 is 11.6 Å². The van der Waals surface area contributed by atoms with E-state index in [-0.39, 0.29) is 16.7 Å². The Balaban J connectivity index is 2.49. The van der Waals surface area contributed by atoms with Crippen LogP contribution in [0.3, 0.4) is 0 Å². The van der Waals surface area contributed by atoms with E-state index in [0.717, 1.165) is 12.0 Å². The van der Waals surface area contributed by atoms with E-state index >= 15 is 0 Å². The summed E-state index contributed by atoms with van der Waals surface area (Å²) < 4.78 is 0. The Morgan fingerprint density at radius 2 is 1.94 bits per heavy atom. The van der Waals surface area contributed by atoms with Crippen LogP contribution in [0.5, 0.6) is 0 Å². The predicted octanol–water partition coefficient (Wildman–Crippen LogP) is 3.52. The number of carbonyl (C=O) groups excluding carboxylic acids is 1. The summed E-state index contributed by atoms with van der Waals surface area (Å²) in [6, 6.07) is 9.78. The van der Waals surface area contributed by atoms with Gasteiger partial charge in [0.05, 0.1) is 5.38 Å². The molecule has 0 saturated heterocycles. The molecule has 1 unspecified atom stereocenters. The van der Waals surface area contributed by atoms with Gasteiger partial charge in [-0.1, -0.05) is 51.1 Å². The predicted molar refractivity (Wildman–Crippen MR) is 72.1 cm³/mol. The van der Waals surface area contributed by atoms with Gasteiger partial charge < -0.3 is 5.32 Å². The van der Waals surface area contributed by atoms with E-state index in [2.05, 4.69) is 5.32 Å². The second-order valence-electron chi connectivity index (χ2n) is 4.83. The van der Waals surface area contributed by atoms with Gasteiger partial charge in [-0.25, -0.2) is 0 Å². The maximum Gasteiger partial charge on any atom is 0.225 e. The molecule has 1 amide bonds. The minimum Gasteiger partial charge on any atom is -0.354 e. The van der Waals surface area contributed by atoms with E-state index < -0.39 is 0 Å². The van der Waals surface area contributed by atoms with Crippen molar-refractivity contribution in [3.63, 3.8) is 0 Å². The zero-order valence-electron chi connectivity index (χ0n) is 10.7. The Labute approximate surface area is 108 Å². The highest BCUT2D eigenvalue weighted by molar-refractivity contribution is 6.21. The van der Waals surface area contributed by atoms with Crippen LogP contribution in [0.4, 0.5) is 0 Å². The zero-order chi connectivity index (χ0) is 12.9. The highest BCUT2D eigenvalue weighted by Gasteiger charge is 2.25. The first-order valence-corrected chi connectivity index (χ1v) is 6.38. The molecule has 2 nitrogen and oxygen atoms in total. The van der Waals surface area contributed by atoms with Crippen LogP contribution in [0.2, 0.25) is 0 Å². The molecule has 3 heteroatoms. The Kier molecular flexibility index (Phi) is 5.01. The summed E-state index contributed by atoms with van der Waals surface area (Å²) in [4.78, 5) is 11.9. The van der Waals surface area contributed by atoms with Crippen molar-refractivity contribution in [2.75, 3.05) is 6.54 Å². The lowest BCUT2D eigenvalue weighted by atomic mass is 9.89. The summed E-state index contributed by atoms with van der Waals surface area (Å²) in [6.45, 7) is 6.35. The SMILES string of the molecule is CCC(C)(C)C(=O)NCC(Cl)c1ccccc1. The molecule has 0 radical (unpaired) electrons. The van der Waals surface area contributed by atoms with Crippen molar-refractivity contribution in [3.8, 4) is 0 Å². The molecule has 0 spiro atoms. The van der Waals surface area contributed by atoms with Gasteiger partial charge >= 0.3 is 0 Å². The Bertz CT molecular complexity index is 362. The fourth-order valence-electron chi connectivity index (χ4n) is 1.36. The number of nitrogens with one attached hydrogen (secondary N) is 1. The lowest BCUT2D eigenvalue weighted by Crippen LogP contribution is -2.37. The van der Waals surface area contributed by atoms with Crippen molar-refractivity contribution in [1.29, 1.82) is 0 Å². The van der Waals surface area contributed by atoms with E-state index in [1.165, 1.54) is 0 Å². The summed E-state index contributed by atoms with van der Waals surface area (Å²) in [5.41, 5.74) is 0.705. The lowest BCUT2D eigenvalue weighted by molar-refractivity contribution is -0.129. The second kappa shape index (κ2) is 6.06. The maximum atomic E-state index is 11.9. The molecule has 1 atom stereocenters. The van der Waals surface area contributed by atoms with E-state index in [1.54, 1.807) is 0 Å². The Hall–Kier alpha value is -1.02. The topological polar surface area (TPSA) is 29.1 Å². The molecule has 0 aromatic heterocycles. The van der Waals surface area contributed by atoms with E-state index in [0.29, 0.717) is 6.54 Å². The van der Waals surface area contributed by atoms with Crippen molar-refractivity contribution in [3.05, 3.63) is 35.9 Å². The number of carbonyl (C=O) groups is 1. The molecule has 1 rings (SSSR count). The van der Waals surface area contributed by atoms with Crippen molar-refractivity contribution >= 4 is 17.5 Å². The van der Waals surface area contributed by atoms with Gasteiger partial charge in [0, 0.05) is 12.0 Å². The van der Waals surface area contributed by atoms with Crippen molar-refractivity contribution < 1.29 is 4.79 Å². The van der Waals surface area contributed by atoms with Gasteiger partial charge in [0.1, 0.15) is 0 Å². The highest BCUT2D eigenvalue weighted by atomic mass is 35.5. The molecule has 0 aliphatic heterocycles. The monoisotopic (exact) mass is 253 g/mol. The van der Waals surface area contributed by atoms with E-state index in [1.807, 2.05) is 51.1 Å². The van der Waals surface area contributed by atoms with Crippen LogP contribution in [-0.2, 0) is 4.79 Å². The minimum absolute atomic E-state index is 0.0570. The largest absolute Gasteiger partial charge is 0.354 e. The minimum atomic E-state index is -0.326. The van der Waals surface area contributed by atoms with Crippen LogP contribution in [0, 0.1) is 5.41 Å². The zero-order valence-corrected chi connectivity index (χ0v) is 11.4. The summed E-state index contributed by atoms with van der Waals surface area (Å²) in [5, 5.41) is 2.73. The van der Waals surface area contributed by atoms with Crippen LogP contribution in [-0.4, -0.2) is 12.5 Å². The third-order valence-corrected chi connectivity index (χ3v) is 3.51. The summed E-state index contributed by atoms with van der Waals surface area (Å²) >= 11 is 6.23. The first-order valence-electron chi connectivity index (χ1n) is 5.94. The lowest BCUT2D eigenvalue weighted by Gasteiger charge is -2.22. The van der Waals surface area contributed by atoms with E-state index in [4.69, 9.17) is 11.6 Å². The van der Waals surface area contributed by atoms with Gasteiger partial charge in [-0.2, -0.15) is 0 Å². The van der Waals surface area contributed by atoms with Gasteiger partial charge in [0.15, 0.2) is 0 Å². The number of hydrogen-bond acceptors (Lipinski definition) is 1. The standard InChI is InChI=1S/C14H20ClNO/c1-4-14(2,3)13(17)16-10-12(15)11-8-6-5-7-9-11/h5-9,12H,4,10H2,1-3H3,(H,16,17). The molecule has 17 heavy (non-hydrogen) atoms. The maximum absolute atomic E-state index is 11.9. The van der Waals surface area contributed by atoms with Crippen molar-refractivity contribution in [2.45, 2.75) is 32.6 Å². The highest BCUT2D eigenvalue weighted by Crippen LogP contribution is 2.22. The normalized spacial score (nSPS) is 13.2. The summed E-state index contributed by atoms with van der Waals surface area (Å²) in [5.74, 6) is 0.0570. The molecule has 0 aliphatic carbocycles. The molecule has 94 valence electrons. The number of alkyl halides is 1. The number of amides is 1. The smallest absolute Gasteiger partial charge is 0.225 e. The fraction of sp³-hybridized carbons (Fsp3) is 0.500. The molecule has 1 aromatic carbocycles. The van der Waals surface area contributed by atoms with Gasteiger partial charge in [-0.15, -0.1) is 11.6 Å². The molecule has 0 aliphatic rings. The fourth-order valence-corrected chi connectivity index (χ4v) is 1.58. The third kappa shape index (κ3) is 4.04. The van der Waals surface area contributed by atoms with Gasteiger partial charge in [-0.05, 0) is 12.0 Å². The van der Waals surface area contributed by atoms with Crippen molar-refractivity contribution in [1.82, 2.24) is 5.32 Å². The first kappa shape index (κ1) is 14.0. The van der Waals surface area contributed by atoms with Crippen LogP contribution in [0.1, 0.15) is 38.1 Å². The number of halogens is 1. The number of hydrogen-bond donors (Lipinski definition) is 1. The quantitative estimate of drug-likeness (QED) is 0.800. The molecule has 0 fully saturated rings. The Morgan fingerprint density at radius 1 is 1.35 bits per heavy atom. The molecular weight excluding hydrogens is 234 g/mol. The molecular formula is C14H20ClNO. The summed E-state index contributed by atoms with van der Waals surface area (Å²) in [7, 11) is 0. The summed E-state index contributed by atoms with van der Waals surface area (Å²) in [6.07, 6.45) is 0.817. The van der Waals surface area contributed by atoms with Crippen molar-refractivity contribution in [2.24, 2.45) is 5.41 Å². The molecule has 0 heterocycles. The van der Waals surface area contributed by atoms with Crippen LogP contribution in [0.25, 0.3) is 0 Å².